The zero-order valence-corrected chi connectivity index (χ0v) is 12.5. The van der Waals surface area contributed by atoms with Crippen LogP contribution < -0.4 is 5.66 Å². The monoisotopic (exact) mass is 272 g/mol. The van der Waals surface area contributed by atoms with Gasteiger partial charge in [-0.3, -0.25) is 0 Å². The molecule has 1 aromatic heterocycles. The van der Waals surface area contributed by atoms with Crippen LogP contribution in [0.5, 0.6) is 0 Å². The summed E-state index contributed by atoms with van der Waals surface area (Å²) in [7, 11) is -1.56. The van der Waals surface area contributed by atoms with E-state index in [9.17, 15) is 10.0 Å². The fraction of sp³-hybridized carbons (Fsp3) is 0.500. The Morgan fingerprint density at radius 2 is 1.50 bits per heavy atom. The first kappa shape index (κ1) is 13.7. The SMILES string of the molecule is CC1(C)CCC(C)(C)c2cc3oc(B(O)O)cc3cc21. The summed E-state index contributed by atoms with van der Waals surface area (Å²) in [6.45, 7) is 9.07. The van der Waals surface area contributed by atoms with Crippen molar-refractivity contribution in [1.82, 2.24) is 0 Å². The van der Waals surface area contributed by atoms with Crippen LogP contribution in [0.4, 0.5) is 0 Å². The minimum atomic E-state index is -1.56. The summed E-state index contributed by atoms with van der Waals surface area (Å²) in [6.07, 6.45) is 2.31. The molecule has 20 heavy (non-hydrogen) atoms. The molecule has 1 heterocycles. The van der Waals surface area contributed by atoms with Gasteiger partial charge in [0.1, 0.15) is 11.2 Å². The van der Waals surface area contributed by atoms with Crippen LogP contribution in [0.3, 0.4) is 0 Å². The average molecular weight is 272 g/mol. The molecule has 0 spiro atoms. The summed E-state index contributed by atoms with van der Waals surface area (Å²) in [5, 5.41) is 19.5. The first-order valence-corrected chi connectivity index (χ1v) is 7.15. The molecular formula is C16H21BO3. The van der Waals surface area contributed by atoms with Crippen molar-refractivity contribution in [3.63, 3.8) is 0 Å². The molecule has 106 valence electrons. The molecule has 0 radical (unpaired) electrons. The van der Waals surface area contributed by atoms with Crippen LogP contribution in [0.2, 0.25) is 0 Å². The summed E-state index contributed by atoms with van der Waals surface area (Å²) < 4.78 is 5.56. The van der Waals surface area contributed by atoms with E-state index in [2.05, 4.69) is 39.8 Å². The molecule has 3 nitrogen and oxygen atoms in total. The van der Waals surface area contributed by atoms with Gasteiger partial charge in [-0.25, -0.2) is 0 Å². The number of furan rings is 1. The Balaban J connectivity index is 2.28. The van der Waals surface area contributed by atoms with Gasteiger partial charge in [0.15, 0.2) is 0 Å². The Bertz CT molecular complexity index is 615. The van der Waals surface area contributed by atoms with Crippen LogP contribution in [0.1, 0.15) is 51.7 Å². The molecule has 0 unspecified atom stereocenters. The van der Waals surface area contributed by atoms with Crippen LogP contribution in [0.25, 0.3) is 11.0 Å². The van der Waals surface area contributed by atoms with Gasteiger partial charge in [0, 0.05) is 5.39 Å². The molecular weight excluding hydrogens is 251 g/mol. The molecule has 3 rings (SSSR count). The van der Waals surface area contributed by atoms with Gasteiger partial charge in [0.05, 0.1) is 0 Å². The second-order valence-corrected chi connectivity index (χ2v) is 7.23. The van der Waals surface area contributed by atoms with Crippen molar-refractivity contribution < 1.29 is 14.5 Å². The lowest BCUT2D eigenvalue weighted by Gasteiger charge is -2.41. The number of benzene rings is 1. The van der Waals surface area contributed by atoms with Crippen LogP contribution in [0.15, 0.2) is 22.6 Å². The zero-order chi connectivity index (χ0) is 14.7. The Hall–Kier alpha value is -1.26. The van der Waals surface area contributed by atoms with E-state index in [-0.39, 0.29) is 16.5 Å². The summed E-state index contributed by atoms with van der Waals surface area (Å²) >= 11 is 0. The van der Waals surface area contributed by atoms with E-state index in [1.807, 2.05) is 0 Å². The van der Waals surface area contributed by atoms with Gasteiger partial charge in [-0.1, -0.05) is 27.7 Å². The molecule has 0 aliphatic heterocycles. The largest absolute Gasteiger partial charge is 0.526 e. The third-order valence-corrected chi connectivity index (χ3v) is 4.76. The van der Waals surface area contributed by atoms with E-state index in [1.165, 1.54) is 11.1 Å². The molecule has 0 saturated heterocycles. The number of hydrogen-bond donors (Lipinski definition) is 2. The lowest BCUT2D eigenvalue weighted by molar-refractivity contribution is 0.332. The van der Waals surface area contributed by atoms with Gasteiger partial charge in [0.25, 0.3) is 0 Å². The minimum Gasteiger partial charge on any atom is -0.465 e. The van der Waals surface area contributed by atoms with E-state index in [1.54, 1.807) is 6.07 Å². The molecule has 1 aliphatic rings. The average Bonchev–Trinajstić information content (AvgIpc) is 2.77. The fourth-order valence-corrected chi connectivity index (χ4v) is 3.25. The highest BCUT2D eigenvalue weighted by Crippen LogP contribution is 2.46. The van der Waals surface area contributed by atoms with E-state index in [0.717, 1.165) is 23.8 Å². The predicted octanol–water partition coefficient (Wildman–Crippen LogP) is 2.46. The lowest BCUT2D eigenvalue weighted by Crippen LogP contribution is -2.33. The second-order valence-electron chi connectivity index (χ2n) is 7.23. The van der Waals surface area contributed by atoms with Crippen molar-refractivity contribution in [3.8, 4) is 0 Å². The van der Waals surface area contributed by atoms with Crippen molar-refractivity contribution >= 4 is 23.7 Å². The van der Waals surface area contributed by atoms with Crippen molar-refractivity contribution in [1.29, 1.82) is 0 Å². The molecule has 2 N–H and O–H groups in total. The maximum Gasteiger partial charge on any atom is 0.526 e. The summed E-state index contributed by atoms with van der Waals surface area (Å²) in [6, 6.07) is 5.95. The first-order chi connectivity index (χ1) is 9.21. The number of fused-ring (bicyclic) bond motifs is 2. The van der Waals surface area contributed by atoms with E-state index < -0.39 is 7.12 Å². The van der Waals surface area contributed by atoms with E-state index in [0.29, 0.717) is 0 Å². The highest BCUT2D eigenvalue weighted by atomic mass is 16.4. The van der Waals surface area contributed by atoms with Crippen molar-refractivity contribution in [2.45, 2.75) is 51.4 Å². The molecule has 0 saturated carbocycles. The highest BCUT2D eigenvalue weighted by Gasteiger charge is 2.37. The molecule has 4 heteroatoms. The third-order valence-electron chi connectivity index (χ3n) is 4.76. The summed E-state index contributed by atoms with van der Waals surface area (Å²) in [4.78, 5) is 0. The van der Waals surface area contributed by atoms with E-state index >= 15 is 0 Å². The van der Waals surface area contributed by atoms with Crippen LogP contribution in [0, 0.1) is 0 Å². The van der Waals surface area contributed by atoms with Crippen molar-refractivity contribution in [3.05, 3.63) is 29.3 Å². The molecule has 1 aromatic carbocycles. The Morgan fingerprint density at radius 1 is 0.950 bits per heavy atom. The summed E-state index contributed by atoms with van der Waals surface area (Å²) in [5.74, 6) is 0. The fourth-order valence-electron chi connectivity index (χ4n) is 3.25. The first-order valence-electron chi connectivity index (χ1n) is 7.15. The zero-order valence-electron chi connectivity index (χ0n) is 12.5. The lowest BCUT2D eigenvalue weighted by atomic mass is 9.63. The predicted molar refractivity (Wildman–Crippen MR) is 81.3 cm³/mol. The molecule has 1 aliphatic carbocycles. The van der Waals surface area contributed by atoms with Gasteiger partial charge in [-0.2, -0.15) is 0 Å². The molecule has 0 atom stereocenters. The molecule has 0 fully saturated rings. The Kier molecular flexibility index (Phi) is 2.83. The standard InChI is InChI=1S/C16H21BO3/c1-15(2)5-6-16(3,4)12-9-13-10(7-11(12)15)8-14(20-13)17(18)19/h7-9,18-19H,5-6H2,1-4H3. The van der Waals surface area contributed by atoms with Crippen molar-refractivity contribution in [2.75, 3.05) is 0 Å². The van der Waals surface area contributed by atoms with Gasteiger partial charge in [-0.15, -0.1) is 0 Å². The van der Waals surface area contributed by atoms with Crippen molar-refractivity contribution in [2.24, 2.45) is 0 Å². The Labute approximate surface area is 119 Å². The summed E-state index contributed by atoms with van der Waals surface area (Å²) in [5.41, 5.74) is 3.88. The van der Waals surface area contributed by atoms with Crippen LogP contribution in [-0.4, -0.2) is 17.2 Å². The second kappa shape index (κ2) is 4.12. The minimum absolute atomic E-state index is 0.129. The normalized spacial score (nSPS) is 19.9. The maximum absolute atomic E-state index is 9.26. The third kappa shape index (κ3) is 1.98. The smallest absolute Gasteiger partial charge is 0.465 e. The number of hydrogen-bond acceptors (Lipinski definition) is 3. The quantitative estimate of drug-likeness (QED) is 0.784. The van der Waals surface area contributed by atoms with Gasteiger partial charge in [-0.05, 0) is 53.0 Å². The Morgan fingerprint density at radius 3 is 2.05 bits per heavy atom. The molecule has 0 amide bonds. The molecule has 2 aromatic rings. The topological polar surface area (TPSA) is 53.6 Å². The van der Waals surface area contributed by atoms with Gasteiger partial charge in [0.2, 0.25) is 0 Å². The van der Waals surface area contributed by atoms with Crippen LogP contribution >= 0.6 is 0 Å². The van der Waals surface area contributed by atoms with Gasteiger partial charge >= 0.3 is 7.12 Å². The maximum atomic E-state index is 9.26. The van der Waals surface area contributed by atoms with E-state index in [4.69, 9.17) is 4.42 Å². The number of rotatable bonds is 1. The van der Waals surface area contributed by atoms with Gasteiger partial charge < -0.3 is 14.5 Å². The highest BCUT2D eigenvalue weighted by molar-refractivity contribution is 6.57. The van der Waals surface area contributed by atoms with Crippen LogP contribution in [-0.2, 0) is 10.8 Å². The molecule has 0 bridgehead atoms.